The highest BCUT2D eigenvalue weighted by molar-refractivity contribution is 8.00. The third kappa shape index (κ3) is 5.08. The van der Waals surface area contributed by atoms with E-state index in [2.05, 4.69) is 10.3 Å². The number of thioether (sulfide) groups is 1. The van der Waals surface area contributed by atoms with E-state index >= 15 is 0 Å². The van der Waals surface area contributed by atoms with Crippen molar-refractivity contribution in [1.29, 1.82) is 0 Å². The molecule has 1 fully saturated rings. The van der Waals surface area contributed by atoms with Gasteiger partial charge in [0.25, 0.3) is 11.6 Å². The third-order valence-corrected chi connectivity index (χ3v) is 9.43. The van der Waals surface area contributed by atoms with E-state index in [0.29, 0.717) is 26.9 Å². The molecule has 0 spiro atoms. The molecule has 0 aliphatic carbocycles. The van der Waals surface area contributed by atoms with Crippen molar-refractivity contribution in [2.75, 3.05) is 16.8 Å². The molecule has 212 valence electrons. The standard InChI is InChI=1S/C29H22N4O7S2/c1-15-4-2-6-17(12-15)30-21(34)14-40-20-7-3-5-16(13-20)22-23-25(41-26-24(22)42-29(37)31-26)28(36)32(27(23)35)18-8-10-19(11-9-18)33(38)39/h2-13,22-23,25H,14H2,1H3,(H,30,34)(H,31,37)/t22-,23-,25+/m0/s1. The molecule has 13 heteroatoms. The number of H-pyrrole nitrogens is 1. The summed E-state index contributed by atoms with van der Waals surface area (Å²) in [5, 5.41) is 13.6. The number of aromatic amines is 1. The summed E-state index contributed by atoms with van der Waals surface area (Å²) >= 11 is 2.12. The van der Waals surface area contributed by atoms with Crippen molar-refractivity contribution in [1.82, 2.24) is 4.98 Å². The predicted octanol–water partition coefficient (Wildman–Crippen LogP) is 4.47. The smallest absolute Gasteiger partial charge is 0.305 e. The topological polar surface area (TPSA) is 152 Å². The number of aryl methyl sites for hydroxylation is 1. The highest BCUT2D eigenvalue weighted by atomic mass is 32.2. The van der Waals surface area contributed by atoms with Gasteiger partial charge in [-0.15, -0.1) is 0 Å². The molecule has 0 bridgehead atoms. The lowest BCUT2D eigenvalue weighted by molar-refractivity contribution is -0.384. The van der Waals surface area contributed by atoms with Crippen LogP contribution in [-0.4, -0.2) is 39.5 Å². The number of fused-ring (bicyclic) bond motifs is 2. The quantitative estimate of drug-likeness (QED) is 0.179. The van der Waals surface area contributed by atoms with Crippen LogP contribution in [0.25, 0.3) is 0 Å². The molecule has 2 aliphatic heterocycles. The van der Waals surface area contributed by atoms with Gasteiger partial charge in [-0.1, -0.05) is 47.4 Å². The Bertz CT molecular complexity index is 1800. The summed E-state index contributed by atoms with van der Waals surface area (Å²) in [6, 6.07) is 19.5. The zero-order valence-corrected chi connectivity index (χ0v) is 23.6. The monoisotopic (exact) mass is 602 g/mol. The second-order valence-corrected chi connectivity index (χ2v) is 12.0. The van der Waals surface area contributed by atoms with Crippen LogP contribution < -0.4 is 19.8 Å². The summed E-state index contributed by atoms with van der Waals surface area (Å²) in [6.07, 6.45) is 0. The number of nitro groups is 1. The average molecular weight is 603 g/mol. The van der Waals surface area contributed by atoms with E-state index < -0.39 is 33.8 Å². The molecule has 42 heavy (non-hydrogen) atoms. The fourth-order valence-electron chi connectivity index (χ4n) is 5.22. The fraction of sp³-hybridized carbons (Fsp3) is 0.172. The van der Waals surface area contributed by atoms with Crippen molar-refractivity contribution in [2.24, 2.45) is 5.92 Å². The molecule has 0 radical (unpaired) electrons. The van der Waals surface area contributed by atoms with Gasteiger partial charge >= 0.3 is 4.87 Å². The molecule has 1 saturated heterocycles. The minimum absolute atomic E-state index is 0.161. The molecule has 3 atom stereocenters. The Labute approximate surface area is 246 Å². The zero-order valence-electron chi connectivity index (χ0n) is 21.9. The van der Waals surface area contributed by atoms with Gasteiger partial charge in [-0.05, 0) is 54.4 Å². The Hall–Kier alpha value is -4.75. The zero-order chi connectivity index (χ0) is 29.5. The van der Waals surface area contributed by atoms with Gasteiger partial charge in [0.1, 0.15) is 11.0 Å². The molecule has 2 N–H and O–H groups in total. The van der Waals surface area contributed by atoms with Crippen molar-refractivity contribution in [3.63, 3.8) is 0 Å². The lowest BCUT2D eigenvalue weighted by Gasteiger charge is -2.30. The Kier molecular flexibility index (Phi) is 7.12. The predicted molar refractivity (Wildman–Crippen MR) is 157 cm³/mol. The van der Waals surface area contributed by atoms with Gasteiger partial charge in [0, 0.05) is 28.6 Å². The number of nitro benzene ring substituents is 1. The van der Waals surface area contributed by atoms with Crippen LogP contribution in [-0.2, 0) is 14.4 Å². The third-order valence-electron chi connectivity index (χ3n) is 7.03. The van der Waals surface area contributed by atoms with Gasteiger partial charge in [-0.25, -0.2) is 4.90 Å². The van der Waals surface area contributed by atoms with Crippen molar-refractivity contribution in [3.05, 3.63) is 109 Å². The van der Waals surface area contributed by atoms with E-state index in [9.17, 15) is 29.3 Å². The molecule has 1 aromatic heterocycles. The van der Waals surface area contributed by atoms with Crippen LogP contribution in [0.1, 0.15) is 21.9 Å². The Morgan fingerprint density at radius 3 is 2.55 bits per heavy atom. The van der Waals surface area contributed by atoms with E-state index in [1.165, 1.54) is 24.3 Å². The first-order valence-electron chi connectivity index (χ1n) is 12.8. The molecule has 11 nitrogen and oxygen atoms in total. The highest BCUT2D eigenvalue weighted by Crippen LogP contribution is 2.53. The minimum Gasteiger partial charge on any atom is -0.484 e. The van der Waals surface area contributed by atoms with Gasteiger partial charge in [0.05, 0.1) is 21.6 Å². The Morgan fingerprint density at radius 2 is 1.81 bits per heavy atom. The number of hydrogen-bond donors (Lipinski definition) is 2. The van der Waals surface area contributed by atoms with Crippen LogP contribution in [0.15, 0.2) is 82.6 Å². The van der Waals surface area contributed by atoms with Crippen LogP contribution in [0, 0.1) is 23.0 Å². The van der Waals surface area contributed by atoms with Crippen molar-refractivity contribution in [2.45, 2.75) is 23.1 Å². The highest BCUT2D eigenvalue weighted by Gasteiger charge is 2.56. The first kappa shape index (κ1) is 27.4. The summed E-state index contributed by atoms with van der Waals surface area (Å²) in [5.41, 5.74) is 2.37. The number of hydrogen-bond acceptors (Lipinski definition) is 9. The van der Waals surface area contributed by atoms with E-state index in [0.717, 1.165) is 33.6 Å². The van der Waals surface area contributed by atoms with Crippen LogP contribution in [0.5, 0.6) is 5.75 Å². The van der Waals surface area contributed by atoms with Crippen LogP contribution >= 0.6 is 23.1 Å². The van der Waals surface area contributed by atoms with E-state index in [1.54, 1.807) is 30.3 Å². The van der Waals surface area contributed by atoms with E-state index in [-0.39, 0.29) is 28.8 Å². The van der Waals surface area contributed by atoms with E-state index in [1.807, 2.05) is 25.1 Å². The van der Waals surface area contributed by atoms with Crippen molar-refractivity contribution >= 4 is 57.9 Å². The minimum atomic E-state index is -0.837. The van der Waals surface area contributed by atoms with Gasteiger partial charge < -0.3 is 15.0 Å². The average Bonchev–Trinajstić information content (AvgIpc) is 3.46. The van der Waals surface area contributed by atoms with Gasteiger partial charge in [-0.3, -0.25) is 29.3 Å². The molecule has 3 aromatic carbocycles. The van der Waals surface area contributed by atoms with Crippen LogP contribution in [0.3, 0.4) is 0 Å². The Balaban J connectivity index is 1.28. The number of thiazole rings is 1. The Morgan fingerprint density at radius 1 is 1.05 bits per heavy atom. The number of carbonyl (C=O) groups is 3. The molecular formula is C29H22N4O7S2. The maximum absolute atomic E-state index is 13.9. The number of nitrogens with zero attached hydrogens (tertiary/aromatic N) is 2. The number of benzene rings is 3. The summed E-state index contributed by atoms with van der Waals surface area (Å²) < 4.78 is 5.77. The molecule has 6 rings (SSSR count). The number of imide groups is 1. The second kappa shape index (κ2) is 10.9. The normalized spacial score (nSPS) is 19.3. The maximum atomic E-state index is 13.9. The molecule has 0 saturated carbocycles. The fourth-order valence-corrected chi connectivity index (χ4v) is 7.74. The number of rotatable bonds is 7. The lowest BCUT2D eigenvalue weighted by Crippen LogP contribution is -2.32. The molecule has 0 unspecified atom stereocenters. The van der Waals surface area contributed by atoms with Crippen LogP contribution in [0.4, 0.5) is 17.1 Å². The number of anilines is 2. The molecule has 2 aliphatic rings. The van der Waals surface area contributed by atoms with Crippen molar-refractivity contribution < 1.29 is 24.0 Å². The molecular weight excluding hydrogens is 580 g/mol. The number of ether oxygens (including phenoxy) is 1. The van der Waals surface area contributed by atoms with Gasteiger partial charge in [0.15, 0.2) is 6.61 Å². The lowest BCUT2D eigenvalue weighted by atomic mass is 9.83. The number of amides is 3. The number of non-ortho nitro benzene ring substituents is 1. The molecule has 4 aromatic rings. The molecule has 3 heterocycles. The summed E-state index contributed by atoms with van der Waals surface area (Å²) in [6.45, 7) is 1.67. The summed E-state index contributed by atoms with van der Waals surface area (Å²) in [5.74, 6) is -2.37. The van der Waals surface area contributed by atoms with Gasteiger partial charge in [-0.2, -0.15) is 0 Å². The summed E-state index contributed by atoms with van der Waals surface area (Å²) in [7, 11) is 0. The first-order chi connectivity index (χ1) is 20.2. The largest absolute Gasteiger partial charge is 0.484 e. The summed E-state index contributed by atoms with van der Waals surface area (Å²) in [4.78, 5) is 67.0. The number of nitrogens with one attached hydrogen (secondary N) is 2. The number of aromatic nitrogens is 1. The van der Waals surface area contributed by atoms with Crippen molar-refractivity contribution in [3.8, 4) is 5.75 Å². The van der Waals surface area contributed by atoms with Crippen LogP contribution in [0.2, 0.25) is 0 Å². The second-order valence-electron chi connectivity index (χ2n) is 9.81. The number of carbonyl (C=O) groups excluding carboxylic acids is 3. The van der Waals surface area contributed by atoms with E-state index in [4.69, 9.17) is 4.74 Å². The molecule has 3 amide bonds. The first-order valence-corrected chi connectivity index (χ1v) is 14.5. The maximum Gasteiger partial charge on any atom is 0.305 e. The van der Waals surface area contributed by atoms with Gasteiger partial charge in [0.2, 0.25) is 11.8 Å². The SMILES string of the molecule is Cc1cccc(NC(=O)COc2cccc([C@@H]3c4sc(=O)[nH]c4S[C@H]4C(=O)N(c5ccc([N+](=O)[O-])cc5)C(=O)[C@@H]34)c2)c1.